The molecule has 1 aromatic rings. The normalized spacial score (nSPS) is 19.8. The molecule has 1 N–H and O–H groups in total. The minimum Gasteiger partial charge on any atom is -0.342 e. The molecule has 1 saturated carbocycles. The Labute approximate surface area is 123 Å². The third kappa shape index (κ3) is 2.29. The fourth-order valence-electron chi connectivity index (χ4n) is 2.69. The van der Waals surface area contributed by atoms with Gasteiger partial charge in [0.1, 0.15) is 5.41 Å². The second kappa shape index (κ2) is 5.09. The van der Waals surface area contributed by atoms with Crippen molar-refractivity contribution in [2.24, 2.45) is 5.41 Å². The lowest BCUT2D eigenvalue weighted by Crippen LogP contribution is -2.41. The number of benzene rings is 1. The summed E-state index contributed by atoms with van der Waals surface area (Å²) in [7, 11) is 0. The molecule has 0 radical (unpaired) electrons. The van der Waals surface area contributed by atoms with Gasteiger partial charge in [0.05, 0.1) is 10.7 Å². The van der Waals surface area contributed by atoms with Crippen LogP contribution in [0, 0.1) is 5.41 Å². The summed E-state index contributed by atoms with van der Waals surface area (Å²) in [6.45, 7) is 1.56. The van der Waals surface area contributed by atoms with E-state index in [1.165, 1.54) is 0 Å². The molecular weight excluding hydrogens is 276 g/mol. The average Bonchev–Trinajstić information content (AvgIpc) is 3.08. The fraction of sp³-hybridized carbons (Fsp3) is 0.467. The number of likely N-dealkylation sites (tertiary alicyclic amines) is 1. The van der Waals surface area contributed by atoms with Gasteiger partial charge in [-0.05, 0) is 37.8 Å². The van der Waals surface area contributed by atoms with Crippen LogP contribution in [-0.4, -0.2) is 29.8 Å². The molecule has 1 saturated heterocycles. The Morgan fingerprint density at radius 2 is 1.80 bits per heavy atom. The van der Waals surface area contributed by atoms with Gasteiger partial charge in [0.15, 0.2) is 0 Å². The molecule has 1 aliphatic heterocycles. The summed E-state index contributed by atoms with van der Waals surface area (Å²) in [6.07, 6.45) is 3.35. The van der Waals surface area contributed by atoms with E-state index in [0.717, 1.165) is 25.9 Å². The van der Waals surface area contributed by atoms with Gasteiger partial charge in [-0.3, -0.25) is 9.59 Å². The second-order valence-electron chi connectivity index (χ2n) is 5.52. The van der Waals surface area contributed by atoms with Crippen LogP contribution in [0.1, 0.15) is 25.7 Å². The van der Waals surface area contributed by atoms with Gasteiger partial charge < -0.3 is 10.2 Å². The number of nitrogens with one attached hydrogen (secondary N) is 1. The molecule has 2 amide bonds. The first-order valence-electron chi connectivity index (χ1n) is 6.99. The van der Waals surface area contributed by atoms with Crippen LogP contribution >= 0.6 is 11.6 Å². The predicted molar refractivity (Wildman–Crippen MR) is 77.6 cm³/mol. The summed E-state index contributed by atoms with van der Waals surface area (Å²) in [4.78, 5) is 26.7. The van der Waals surface area contributed by atoms with Crippen molar-refractivity contribution in [2.45, 2.75) is 25.7 Å². The lowest BCUT2D eigenvalue weighted by Gasteiger charge is -2.22. The topological polar surface area (TPSA) is 49.4 Å². The molecule has 1 heterocycles. The third-order valence-corrected chi connectivity index (χ3v) is 4.44. The highest BCUT2D eigenvalue weighted by Crippen LogP contribution is 2.48. The molecule has 3 rings (SSSR count). The number of rotatable bonds is 3. The molecular formula is C15H17ClN2O2. The highest BCUT2D eigenvalue weighted by atomic mass is 35.5. The van der Waals surface area contributed by atoms with E-state index in [9.17, 15) is 9.59 Å². The van der Waals surface area contributed by atoms with Gasteiger partial charge in [0.2, 0.25) is 11.8 Å². The highest BCUT2D eigenvalue weighted by Gasteiger charge is 2.58. The molecule has 106 valence electrons. The molecule has 0 spiro atoms. The van der Waals surface area contributed by atoms with Crippen molar-refractivity contribution < 1.29 is 9.59 Å². The van der Waals surface area contributed by atoms with Crippen LogP contribution in [0.4, 0.5) is 5.69 Å². The second-order valence-corrected chi connectivity index (χ2v) is 5.92. The Morgan fingerprint density at radius 1 is 1.15 bits per heavy atom. The average molecular weight is 293 g/mol. The fourth-order valence-corrected chi connectivity index (χ4v) is 2.87. The minimum atomic E-state index is -0.844. The summed E-state index contributed by atoms with van der Waals surface area (Å²) in [6, 6.07) is 7.08. The predicted octanol–water partition coefficient (Wildman–Crippen LogP) is 2.68. The molecule has 0 unspecified atom stereocenters. The molecule has 1 aromatic carbocycles. The number of carbonyl (C=O) groups is 2. The number of hydrogen-bond acceptors (Lipinski definition) is 2. The first-order chi connectivity index (χ1) is 9.63. The number of nitrogens with zero attached hydrogens (tertiary/aromatic N) is 1. The minimum absolute atomic E-state index is 0.0143. The number of para-hydroxylation sites is 1. The summed E-state index contributed by atoms with van der Waals surface area (Å²) in [5.74, 6) is -0.234. The molecule has 20 heavy (non-hydrogen) atoms. The standard InChI is InChI=1S/C15H17ClN2O2/c16-11-5-1-2-6-12(11)17-13(19)15(7-8-15)14(20)18-9-3-4-10-18/h1-2,5-6H,3-4,7-10H2,(H,17,19). The number of amides is 2. The van der Waals surface area contributed by atoms with Crippen molar-refractivity contribution in [2.75, 3.05) is 18.4 Å². The number of anilines is 1. The first kappa shape index (κ1) is 13.4. The third-order valence-electron chi connectivity index (χ3n) is 4.11. The van der Waals surface area contributed by atoms with Gasteiger partial charge in [0.25, 0.3) is 0 Å². The zero-order valence-electron chi connectivity index (χ0n) is 11.2. The van der Waals surface area contributed by atoms with Crippen molar-refractivity contribution in [1.82, 2.24) is 4.90 Å². The van der Waals surface area contributed by atoms with E-state index in [4.69, 9.17) is 11.6 Å². The molecule has 2 aliphatic rings. The monoisotopic (exact) mass is 292 g/mol. The highest BCUT2D eigenvalue weighted by molar-refractivity contribution is 6.34. The van der Waals surface area contributed by atoms with Gasteiger partial charge in [-0.25, -0.2) is 0 Å². The molecule has 0 atom stereocenters. The van der Waals surface area contributed by atoms with Crippen LogP contribution in [0.25, 0.3) is 0 Å². The maximum atomic E-state index is 12.5. The Morgan fingerprint density at radius 3 is 2.40 bits per heavy atom. The van der Waals surface area contributed by atoms with Crippen molar-refractivity contribution in [3.63, 3.8) is 0 Å². The first-order valence-corrected chi connectivity index (χ1v) is 7.37. The van der Waals surface area contributed by atoms with Crippen LogP contribution < -0.4 is 5.32 Å². The molecule has 1 aliphatic carbocycles. The molecule has 5 heteroatoms. The van der Waals surface area contributed by atoms with Crippen molar-refractivity contribution >= 4 is 29.1 Å². The van der Waals surface area contributed by atoms with Crippen molar-refractivity contribution in [3.05, 3.63) is 29.3 Å². The maximum Gasteiger partial charge on any atom is 0.240 e. The van der Waals surface area contributed by atoms with Gasteiger partial charge in [-0.2, -0.15) is 0 Å². The quantitative estimate of drug-likeness (QED) is 0.871. The SMILES string of the molecule is O=C(Nc1ccccc1Cl)C1(C(=O)N2CCCC2)CC1. The van der Waals surface area contributed by atoms with E-state index in [0.29, 0.717) is 23.6 Å². The Bertz CT molecular complexity index is 549. The van der Waals surface area contributed by atoms with E-state index < -0.39 is 5.41 Å². The van der Waals surface area contributed by atoms with Crippen LogP contribution in [0.3, 0.4) is 0 Å². The van der Waals surface area contributed by atoms with Gasteiger partial charge in [0, 0.05) is 13.1 Å². The van der Waals surface area contributed by atoms with Crippen LogP contribution in [0.5, 0.6) is 0 Å². The largest absolute Gasteiger partial charge is 0.342 e. The van der Waals surface area contributed by atoms with E-state index in [-0.39, 0.29) is 11.8 Å². The molecule has 0 aromatic heterocycles. The Kier molecular flexibility index (Phi) is 3.42. The van der Waals surface area contributed by atoms with Gasteiger partial charge in [-0.1, -0.05) is 23.7 Å². The van der Waals surface area contributed by atoms with E-state index in [1.54, 1.807) is 18.2 Å². The van der Waals surface area contributed by atoms with Gasteiger partial charge in [-0.15, -0.1) is 0 Å². The van der Waals surface area contributed by atoms with Crippen LogP contribution in [0.2, 0.25) is 5.02 Å². The smallest absolute Gasteiger partial charge is 0.240 e. The summed E-state index contributed by atoms with van der Waals surface area (Å²) in [5, 5.41) is 3.29. The Hall–Kier alpha value is -1.55. The zero-order chi connectivity index (χ0) is 14.2. The number of hydrogen-bond donors (Lipinski definition) is 1. The molecule has 2 fully saturated rings. The van der Waals surface area contributed by atoms with E-state index in [1.807, 2.05) is 11.0 Å². The number of carbonyl (C=O) groups excluding carboxylic acids is 2. The van der Waals surface area contributed by atoms with E-state index >= 15 is 0 Å². The van der Waals surface area contributed by atoms with E-state index in [2.05, 4.69) is 5.32 Å². The number of halogens is 1. The molecule has 4 nitrogen and oxygen atoms in total. The van der Waals surface area contributed by atoms with Crippen LogP contribution in [-0.2, 0) is 9.59 Å². The molecule has 0 bridgehead atoms. The van der Waals surface area contributed by atoms with Gasteiger partial charge >= 0.3 is 0 Å². The lowest BCUT2D eigenvalue weighted by molar-refractivity contribution is -0.141. The zero-order valence-corrected chi connectivity index (χ0v) is 11.9. The summed E-state index contributed by atoms with van der Waals surface area (Å²) >= 11 is 6.04. The summed E-state index contributed by atoms with van der Waals surface area (Å²) < 4.78 is 0. The van der Waals surface area contributed by atoms with Crippen LogP contribution in [0.15, 0.2) is 24.3 Å². The Balaban J connectivity index is 1.73. The maximum absolute atomic E-state index is 12.5. The van der Waals surface area contributed by atoms with Crippen molar-refractivity contribution in [3.8, 4) is 0 Å². The lowest BCUT2D eigenvalue weighted by atomic mass is 10.0. The summed E-state index contributed by atoms with van der Waals surface area (Å²) in [5.41, 5.74) is -0.275. The van der Waals surface area contributed by atoms with Crippen molar-refractivity contribution in [1.29, 1.82) is 0 Å².